The number of carbonyl (C=O) groups is 4. The Bertz CT molecular complexity index is 1860. The highest BCUT2D eigenvalue weighted by Crippen LogP contribution is 2.34. The van der Waals surface area contributed by atoms with Crippen molar-refractivity contribution < 1.29 is 33.4 Å². The summed E-state index contributed by atoms with van der Waals surface area (Å²) in [4.78, 5) is 69.1. The standard InChI is InChI=1S/C35H46FN9O7/c1-2-43-19-24(32(48)49)30(46)23-16-25(36)28(17-27(23)43)44-12-14-45(15-13-44)34(51)52-20-21-5-7-22(8-6-21)42-31(47)26(4-3-11-40-33(38)50)41-18-29(37)35(39)9-10-35/h5,7,16-19,26,29H,2-4,6,8-15,20,37,39H2,1H3,(H,42,47)(H,48,49)(H3,38,40,50). The summed E-state index contributed by atoms with van der Waals surface area (Å²) in [6.07, 6.45) is 9.37. The van der Waals surface area contributed by atoms with Gasteiger partial charge in [0.15, 0.2) is 0 Å². The number of nitrogens with one attached hydrogen (secondary N) is 2. The number of anilines is 1. The monoisotopic (exact) mass is 723 g/mol. The molecule has 2 aliphatic carbocycles. The third-order valence-corrected chi connectivity index (χ3v) is 9.67. The number of nitrogens with two attached hydrogens (primary N) is 3. The zero-order valence-corrected chi connectivity index (χ0v) is 29.1. The lowest BCUT2D eigenvalue weighted by Crippen LogP contribution is -2.49. The number of aromatic carboxylic acids is 1. The van der Waals surface area contributed by atoms with Crippen LogP contribution in [0.2, 0.25) is 0 Å². The molecule has 0 spiro atoms. The summed E-state index contributed by atoms with van der Waals surface area (Å²) < 4.78 is 22.4. The summed E-state index contributed by atoms with van der Waals surface area (Å²) >= 11 is 0. The van der Waals surface area contributed by atoms with Gasteiger partial charge >= 0.3 is 18.1 Å². The summed E-state index contributed by atoms with van der Waals surface area (Å²) in [5, 5.41) is 14.8. The van der Waals surface area contributed by atoms with Crippen LogP contribution < -0.4 is 38.2 Å². The second kappa shape index (κ2) is 16.4. The molecule has 5 rings (SSSR count). The first-order chi connectivity index (χ1) is 24.8. The van der Waals surface area contributed by atoms with Gasteiger partial charge in [-0.25, -0.2) is 18.8 Å². The smallest absolute Gasteiger partial charge is 0.410 e. The van der Waals surface area contributed by atoms with Crippen molar-refractivity contribution in [1.29, 1.82) is 0 Å². The number of rotatable bonds is 14. The molecule has 2 unspecified atom stereocenters. The number of halogens is 1. The third-order valence-electron chi connectivity index (χ3n) is 9.67. The van der Waals surface area contributed by atoms with Gasteiger partial charge in [0.05, 0.1) is 17.2 Å². The molecule has 280 valence electrons. The Morgan fingerprint density at radius 1 is 1.13 bits per heavy atom. The average molecular weight is 724 g/mol. The molecule has 2 atom stereocenters. The van der Waals surface area contributed by atoms with E-state index < -0.39 is 52.5 Å². The minimum absolute atomic E-state index is 0.00816. The number of benzene rings is 1. The normalized spacial score (nSPS) is 18.0. The van der Waals surface area contributed by atoms with E-state index in [0.29, 0.717) is 63.1 Å². The summed E-state index contributed by atoms with van der Waals surface area (Å²) in [5.74, 6) is -2.33. The van der Waals surface area contributed by atoms with Gasteiger partial charge in [-0.3, -0.25) is 14.6 Å². The van der Waals surface area contributed by atoms with E-state index in [-0.39, 0.29) is 36.7 Å². The van der Waals surface area contributed by atoms with Crippen molar-refractivity contribution in [1.82, 2.24) is 20.1 Å². The molecule has 1 saturated carbocycles. The fraction of sp³-hybridized carbons (Fsp3) is 0.486. The molecule has 17 heteroatoms. The Balaban J connectivity index is 1.13. The van der Waals surface area contributed by atoms with E-state index in [4.69, 9.17) is 21.9 Å². The lowest BCUT2D eigenvalue weighted by molar-refractivity contribution is -0.121. The average Bonchev–Trinajstić information content (AvgIpc) is 3.88. The zero-order chi connectivity index (χ0) is 37.6. The Kier molecular flexibility index (Phi) is 11.9. The number of nitrogens with zero attached hydrogens (tertiary/aromatic N) is 4. The Labute approximate surface area is 299 Å². The number of pyridine rings is 1. The molecule has 2 aromatic rings. The summed E-state index contributed by atoms with van der Waals surface area (Å²) in [5.41, 5.74) is 18.0. The van der Waals surface area contributed by atoms with Crippen LogP contribution in [-0.4, -0.2) is 102 Å². The number of aromatic nitrogens is 1. The SMILES string of the molecule is CCn1cc(C(=O)O)c(=O)c2cc(F)c(N3CCN(C(=O)OCC4=CC=C(NC(=O)C(CCCNC(N)=O)N=CC(N)C5(N)CC5)CC4)CC3)cc21. The maximum Gasteiger partial charge on any atom is 0.410 e. The summed E-state index contributed by atoms with van der Waals surface area (Å²) in [7, 11) is 0. The van der Waals surface area contributed by atoms with E-state index >= 15 is 4.39 Å². The van der Waals surface area contributed by atoms with Gasteiger partial charge in [-0.2, -0.15) is 0 Å². The third kappa shape index (κ3) is 9.13. The number of allylic oxidation sites excluding steroid dienone is 3. The summed E-state index contributed by atoms with van der Waals surface area (Å²) in [6.45, 7) is 3.75. The van der Waals surface area contributed by atoms with E-state index in [1.165, 1.54) is 12.4 Å². The number of piperazine rings is 1. The Hall–Kier alpha value is -5.29. The van der Waals surface area contributed by atoms with Gasteiger partial charge in [0, 0.05) is 68.3 Å². The first-order valence-corrected chi connectivity index (χ1v) is 17.4. The fourth-order valence-electron chi connectivity index (χ4n) is 6.18. The predicted octanol–water partition coefficient (Wildman–Crippen LogP) is 1.54. The second-order valence-electron chi connectivity index (χ2n) is 13.3. The molecule has 0 bridgehead atoms. The van der Waals surface area contributed by atoms with E-state index in [9.17, 15) is 29.1 Å². The van der Waals surface area contributed by atoms with Crippen LogP contribution in [0.4, 0.5) is 19.7 Å². The van der Waals surface area contributed by atoms with E-state index in [2.05, 4.69) is 15.6 Å². The van der Waals surface area contributed by atoms with E-state index in [1.807, 2.05) is 0 Å². The van der Waals surface area contributed by atoms with Crippen LogP contribution in [0.25, 0.3) is 10.9 Å². The Morgan fingerprint density at radius 3 is 2.48 bits per heavy atom. The molecule has 1 aliphatic heterocycles. The first kappa shape index (κ1) is 38.0. The molecular weight excluding hydrogens is 677 g/mol. The van der Waals surface area contributed by atoms with E-state index in [1.54, 1.807) is 39.5 Å². The van der Waals surface area contributed by atoms with Gasteiger partial charge < -0.3 is 52.0 Å². The number of urea groups is 1. The maximum absolute atomic E-state index is 15.3. The number of ether oxygens (including phenoxy) is 1. The molecule has 4 amide bonds. The van der Waals surface area contributed by atoms with Crippen LogP contribution in [0.1, 0.15) is 55.8 Å². The number of amides is 4. The van der Waals surface area contributed by atoms with E-state index in [0.717, 1.165) is 24.5 Å². The van der Waals surface area contributed by atoms with Gasteiger partial charge in [-0.05, 0) is 69.2 Å². The van der Waals surface area contributed by atoms with Crippen molar-refractivity contribution in [2.45, 2.75) is 69.6 Å². The highest BCUT2D eigenvalue weighted by atomic mass is 19.1. The number of primary amides is 1. The lowest BCUT2D eigenvalue weighted by atomic mass is 10.0. The number of aryl methyl sites for hydroxylation is 1. The van der Waals surface area contributed by atoms with Crippen molar-refractivity contribution in [2.24, 2.45) is 22.2 Å². The highest BCUT2D eigenvalue weighted by molar-refractivity contribution is 5.93. The molecule has 2 heterocycles. The van der Waals surface area contributed by atoms with Gasteiger partial charge in [0.2, 0.25) is 11.3 Å². The van der Waals surface area contributed by atoms with Gasteiger partial charge in [0.1, 0.15) is 24.0 Å². The van der Waals surface area contributed by atoms with Crippen molar-refractivity contribution >= 4 is 46.8 Å². The van der Waals surface area contributed by atoms with Crippen molar-refractivity contribution in [3.63, 3.8) is 0 Å². The van der Waals surface area contributed by atoms with Crippen LogP contribution in [0.3, 0.4) is 0 Å². The van der Waals surface area contributed by atoms with Crippen LogP contribution >= 0.6 is 0 Å². The van der Waals surface area contributed by atoms with Crippen molar-refractivity contribution in [3.8, 4) is 0 Å². The Morgan fingerprint density at radius 2 is 1.87 bits per heavy atom. The molecule has 3 aliphatic rings. The second-order valence-corrected chi connectivity index (χ2v) is 13.3. The molecule has 9 N–H and O–H groups in total. The molecule has 1 aromatic heterocycles. The largest absolute Gasteiger partial charge is 0.477 e. The molecule has 1 aromatic carbocycles. The van der Waals surface area contributed by atoms with Gasteiger partial charge in [0.25, 0.3) is 0 Å². The van der Waals surface area contributed by atoms with Crippen molar-refractivity contribution in [3.05, 3.63) is 63.4 Å². The molecule has 1 saturated heterocycles. The molecule has 52 heavy (non-hydrogen) atoms. The maximum atomic E-state index is 15.3. The first-order valence-electron chi connectivity index (χ1n) is 17.4. The number of carbonyl (C=O) groups excluding carboxylic acids is 3. The van der Waals surface area contributed by atoms with Gasteiger partial charge in [-0.15, -0.1) is 0 Å². The number of hydrogen-bond acceptors (Lipinski definition) is 10. The molecule has 2 fully saturated rings. The number of hydrogen-bond donors (Lipinski definition) is 6. The minimum atomic E-state index is -1.37. The number of carboxylic acids is 1. The highest BCUT2D eigenvalue weighted by Gasteiger charge is 2.43. The van der Waals surface area contributed by atoms with Crippen LogP contribution in [0.15, 0.2) is 51.5 Å². The minimum Gasteiger partial charge on any atom is -0.477 e. The summed E-state index contributed by atoms with van der Waals surface area (Å²) in [6, 6.07) is 0.779. The van der Waals surface area contributed by atoms with Gasteiger partial charge in [-0.1, -0.05) is 6.08 Å². The molecular formula is C35H46FN9O7. The number of carboxylic acid groups (broad SMARTS) is 1. The zero-order valence-electron chi connectivity index (χ0n) is 29.1. The number of fused-ring (bicyclic) bond motifs is 1. The predicted molar refractivity (Wildman–Crippen MR) is 193 cm³/mol. The van der Waals surface area contributed by atoms with Crippen LogP contribution in [0, 0.1) is 5.82 Å². The fourth-order valence-corrected chi connectivity index (χ4v) is 6.18. The topological polar surface area (TPSA) is 241 Å². The van der Waals surface area contributed by atoms with Crippen molar-refractivity contribution in [2.75, 3.05) is 44.2 Å². The lowest BCUT2D eigenvalue weighted by Gasteiger charge is -2.35. The quantitative estimate of drug-likeness (QED) is 0.121. The molecule has 16 nitrogen and oxygen atoms in total. The van der Waals surface area contributed by atoms with Crippen LogP contribution in [0.5, 0.6) is 0 Å². The molecule has 0 radical (unpaired) electrons. The van der Waals surface area contributed by atoms with Crippen LogP contribution in [-0.2, 0) is 16.1 Å². The number of aliphatic imine (C=N–C) groups is 1.